The van der Waals surface area contributed by atoms with Gasteiger partial charge < -0.3 is 15.3 Å². The van der Waals surface area contributed by atoms with Crippen molar-refractivity contribution in [1.29, 1.82) is 0 Å². The molecule has 8 nitrogen and oxygen atoms in total. The van der Waals surface area contributed by atoms with E-state index in [9.17, 15) is 41.0 Å². The van der Waals surface area contributed by atoms with Crippen molar-refractivity contribution in [3.05, 3.63) is 53.2 Å². The molecule has 1 amide bonds. The minimum Gasteiger partial charge on any atom is -0.481 e. The van der Waals surface area contributed by atoms with Crippen LogP contribution in [-0.2, 0) is 11.0 Å². The molecule has 0 aliphatic carbocycles. The highest BCUT2D eigenvalue weighted by atomic mass is 32.1. The number of amides is 1. The average molecular weight is 562 g/mol. The number of rotatable bonds is 9. The largest absolute Gasteiger partial charge is 0.481 e. The van der Waals surface area contributed by atoms with Crippen LogP contribution in [0.2, 0.25) is 0 Å². The number of likely N-dealkylation sites (tertiary alicyclic amines) is 1. The van der Waals surface area contributed by atoms with Crippen molar-refractivity contribution in [3.8, 4) is 16.4 Å². The van der Waals surface area contributed by atoms with E-state index >= 15 is 0 Å². The minimum atomic E-state index is -4.69. The molecule has 1 aliphatic rings. The van der Waals surface area contributed by atoms with Crippen molar-refractivity contribution in [2.45, 2.75) is 31.2 Å². The number of alkyl halides is 6. The van der Waals surface area contributed by atoms with Gasteiger partial charge in [0.15, 0.2) is 5.69 Å². The Labute approximate surface area is 215 Å². The van der Waals surface area contributed by atoms with Gasteiger partial charge in [-0.25, -0.2) is 9.67 Å². The number of hydrogen-bond donors (Lipinski definition) is 2. The maximum atomic E-state index is 13.7. The molecule has 2 aromatic heterocycles. The van der Waals surface area contributed by atoms with E-state index in [1.807, 2.05) is 0 Å². The van der Waals surface area contributed by atoms with Crippen molar-refractivity contribution in [3.63, 3.8) is 0 Å². The van der Waals surface area contributed by atoms with E-state index in [4.69, 9.17) is 0 Å². The molecule has 0 saturated carbocycles. The third-order valence-corrected chi connectivity index (χ3v) is 6.77. The van der Waals surface area contributed by atoms with E-state index in [1.54, 1.807) is 5.38 Å². The summed E-state index contributed by atoms with van der Waals surface area (Å²) >= 11 is 1.08. The maximum absolute atomic E-state index is 13.7. The van der Waals surface area contributed by atoms with Gasteiger partial charge >= 0.3 is 18.3 Å². The molecule has 15 heteroatoms. The van der Waals surface area contributed by atoms with Gasteiger partial charge in [-0.15, -0.1) is 11.3 Å². The molecule has 3 aromatic rings. The molecule has 0 bridgehead atoms. The van der Waals surface area contributed by atoms with Gasteiger partial charge in [-0.2, -0.15) is 31.4 Å². The topological polar surface area (TPSA) is 100 Å². The number of carboxylic acid groups (broad SMARTS) is 1. The lowest BCUT2D eigenvalue weighted by atomic mass is 9.98. The summed E-state index contributed by atoms with van der Waals surface area (Å²) in [7, 11) is 0. The molecule has 204 valence electrons. The molecule has 4 rings (SSSR count). The van der Waals surface area contributed by atoms with Crippen LogP contribution in [0, 0.1) is 5.92 Å². The van der Waals surface area contributed by atoms with Crippen LogP contribution in [0.3, 0.4) is 0 Å². The third kappa shape index (κ3) is 6.32. The molecule has 1 aromatic carbocycles. The summed E-state index contributed by atoms with van der Waals surface area (Å²) in [5.41, 5.74) is -1.50. The number of thiazole rings is 1. The van der Waals surface area contributed by atoms with Crippen LogP contribution in [0.5, 0.6) is 0 Å². The van der Waals surface area contributed by atoms with Gasteiger partial charge in [-0.1, -0.05) is 18.2 Å². The second-order valence-electron chi connectivity index (χ2n) is 8.74. The van der Waals surface area contributed by atoms with E-state index in [-0.39, 0.29) is 48.1 Å². The predicted molar refractivity (Wildman–Crippen MR) is 124 cm³/mol. The van der Waals surface area contributed by atoms with Crippen molar-refractivity contribution in [1.82, 2.24) is 25.0 Å². The number of benzene rings is 1. The smallest absolute Gasteiger partial charge is 0.417 e. The van der Waals surface area contributed by atoms with Gasteiger partial charge in [-0.05, 0) is 18.6 Å². The first-order valence-electron chi connectivity index (χ1n) is 11.3. The molecule has 1 unspecified atom stereocenters. The number of aliphatic carboxylic acids is 1. The van der Waals surface area contributed by atoms with Crippen molar-refractivity contribution >= 4 is 23.2 Å². The van der Waals surface area contributed by atoms with Crippen LogP contribution in [0.4, 0.5) is 26.3 Å². The van der Waals surface area contributed by atoms with Crippen molar-refractivity contribution in [2.24, 2.45) is 5.92 Å². The Bertz CT molecular complexity index is 1290. The fraction of sp³-hybridized carbons (Fsp3) is 0.391. The monoisotopic (exact) mass is 561 g/mol. The van der Waals surface area contributed by atoms with Crippen LogP contribution in [0.1, 0.15) is 28.9 Å². The van der Waals surface area contributed by atoms with Gasteiger partial charge in [0.05, 0.1) is 23.6 Å². The van der Waals surface area contributed by atoms with Crippen LogP contribution >= 0.6 is 11.3 Å². The normalized spacial score (nSPS) is 15.7. The molecule has 0 radical (unpaired) electrons. The van der Waals surface area contributed by atoms with Crippen LogP contribution < -0.4 is 5.32 Å². The number of carboxylic acids is 1. The first-order chi connectivity index (χ1) is 17.8. The molecular formula is C23H21F6N5O3S. The lowest BCUT2D eigenvalue weighted by Crippen LogP contribution is -2.54. The first-order valence-corrected chi connectivity index (χ1v) is 12.2. The van der Waals surface area contributed by atoms with Crippen LogP contribution in [0.25, 0.3) is 16.4 Å². The summed E-state index contributed by atoms with van der Waals surface area (Å²) in [5, 5.41) is 17.7. The Morgan fingerprint density at radius 2 is 1.87 bits per heavy atom. The molecule has 2 N–H and O–H groups in total. The Morgan fingerprint density at radius 3 is 2.47 bits per heavy atom. The molecule has 1 atom stereocenters. The number of halogens is 6. The Kier molecular flexibility index (Phi) is 7.78. The molecule has 3 heterocycles. The number of carbonyl (C=O) groups is 2. The van der Waals surface area contributed by atoms with E-state index in [0.29, 0.717) is 0 Å². The molecule has 38 heavy (non-hydrogen) atoms. The van der Waals surface area contributed by atoms with E-state index < -0.39 is 48.2 Å². The number of nitrogens with one attached hydrogen (secondary N) is 1. The van der Waals surface area contributed by atoms with E-state index in [0.717, 1.165) is 28.2 Å². The number of aromatic nitrogens is 3. The summed E-state index contributed by atoms with van der Waals surface area (Å²) in [4.78, 5) is 29.9. The molecule has 1 aliphatic heterocycles. The first kappa shape index (κ1) is 27.6. The molecule has 0 spiro atoms. The maximum Gasteiger partial charge on any atom is 0.417 e. The minimum absolute atomic E-state index is 0.0495. The van der Waals surface area contributed by atoms with E-state index in [1.165, 1.54) is 29.3 Å². The summed E-state index contributed by atoms with van der Waals surface area (Å²) < 4.78 is 80.3. The fourth-order valence-electron chi connectivity index (χ4n) is 4.10. The number of hydrogen-bond acceptors (Lipinski definition) is 6. The Morgan fingerprint density at radius 1 is 1.16 bits per heavy atom. The van der Waals surface area contributed by atoms with Gasteiger partial charge in [-0.3, -0.25) is 9.59 Å². The average Bonchev–Trinajstić information content (AvgIpc) is 3.46. The van der Waals surface area contributed by atoms with Crippen molar-refractivity contribution < 1.29 is 41.0 Å². The zero-order chi connectivity index (χ0) is 27.7. The SMILES string of the molecule is O=C(O)CC(CCN1CC(C(F)(F)F)C1)NC(=O)c1cc(-c2ccccc2C(F)(F)F)n(-c2nccs2)n1. The summed E-state index contributed by atoms with van der Waals surface area (Å²) in [5.74, 6) is -3.52. The molecule has 1 fully saturated rings. The van der Waals surface area contributed by atoms with Crippen molar-refractivity contribution in [2.75, 3.05) is 19.6 Å². The number of nitrogens with zero attached hydrogens (tertiary/aromatic N) is 4. The lowest BCUT2D eigenvalue weighted by molar-refractivity contribution is -0.209. The Hall–Kier alpha value is -3.46. The fourth-order valence-corrected chi connectivity index (χ4v) is 4.70. The Balaban J connectivity index is 1.56. The highest BCUT2D eigenvalue weighted by Crippen LogP contribution is 2.38. The summed E-state index contributed by atoms with van der Waals surface area (Å²) in [6, 6.07) is 4.99. The summed E-state index contributed by atoms with van der Waals surface area (Å²) in [6.45, 7) is -0.294. The lowest BCUT2D eigenvalue weighted by Gasteiger charge is -2.40. The van der Waals surface area contributed by atoms with E-state index in [2.05, 4.69) is 15.4 Å². The second-order valence-corrected chi connectivity index (χ2v) is 9.61. The standard InChI is InChI=1S/C23H21F6N5O3S/c24-22(25,26)13-11-33(12-13)7-5-14(9-19(35)36)31-20(37)17-10-18(34(32-17)21-30-6-8-38-21)15-3-1-2-4-16(15)23(27,28)29/h1-4,6,8,10,13-14H,5,7,9,11-12H2,(H,31,37)(H,35,36). The second kappa shape index (κ2) is 10.7. The molecular weight excluding hydrogens is 540 g/mol. The zero-order valence-electron chi connectivity index (χ0n) is 19.5. The van der Waals surface area contributed by atoms with Gasteiger partial charge in [0, 0.05) is 42.8 Å². The van der Waals surface area contributed by atoms with Crippen LogP contribution in [0.15, 0.2) is 41.9 Å². The highest BCUT2D eigenvalue weighted by Gasteiger charge is 2.46. The predicted octanol–water partition coefficient (Wildman–Crippen LogP) is 4.47. The quantitative estimate of drug-likeness (QED) is 0.374. The van der Waals surface area contributed by atoms with Gasteiger partial charge in [0.2, 0.25) is 5.13 Å². The van der Waals surface area contributed by atoms with Crippen LogP contribution in [-0.4, -0.2) is 68.5 Å². The van der Waals surface area contributed by atoms with Gasteiger partial charge in [0.1, 0.15) is 0 Å². The zero-order valence-corrected chi connectivity index (χ0v) is 20.3. The molecule has 1 saturated heterocycles. The van der Waals surface area contributed by atoms with Gasteiger partial charge in [0.25, 0.3) is 5.91 Å². The number of carbonyl (C=O) groups excluding carboxylic acids is 1. The third-order valence-electron chi connectivity index (χ3n) is 6.02. The highest BCUT2D eigenvalue weighted by molar-refractivity contribution is 7.12. The summed E-state index contributed by atoms with van der Waals surface area (Å²) in [6.07, 6.45) is -8.02.